The third kappa shape index (κ3) is 3.51. The van der Waals surface area contributed by atoms with E-state index in [-0.39, 0.29) is 29.6 Å². The summed E-state index contributed by atoms with van der Waals surface area (Å²) in [6, 6.07) is 10.3. The predicted octanol–water partition coefficient (Wildman–Crippen LogP) is 1.97. The molecule has 2 atom stereocenters. The third-order valence-corrected chi connectivity index (χ3v) is 5.10. The maximum Gasteiger partial charge on any atom is 0.251 e. The molecule has 1 aliphatic carbocycles. The van der Waals surface area contributed by atoms with Crippen molar-refractivity contribution < 1.29 is 14.4 Å². The number of allylic oxidation sites excluding steroid dienone is 2. The normalized spacial score (nSPS) is 21.1. The van der Waals surface area contributed by atoms with Crippen LogP contribution in [-0.4, -0.2) is 22.7 Å². The van der Waals surface area contributed by atoms with Gasteiger partial charge in [0.1, 0.15) is 0 Å². The Bertz CT molecular complexity index is 942. The average Bonchev–Trinajstić information content (AvgIpc) is 2.75. The minimum Gasteiger partial charge on any atom is -0.348 e. The Morgan fingerprint density at radius 1 is 1.11 bits per heavy atom. The van der Waals surface area contributed by atoms with Crippen LogP contribution in [0.25, 0.3) is 0 Å². The molecule has 7 heteroatoms. The molecule has 2 aromatic rings. The van der Waals surface area contributed by atoms with Crippen LogP contribution in [0.5, 0.6) is 0 Å². The lowest BCUT2D eigenvalue weighted by Gasteiger charge is -2.38. The molecule has 1 aliphatic heterocycles. The van der Waals surface area contributed by atoms with E-state index >= 15 is 0 Å². The highest BCUT2D eigenvalue weighted by atomic mass is 16.2. The molecule has 2 aliphatic rings. The molecule has 0 radical (unpaired) electrons. The van der Waals surface area contributed by atoms with Crippen LogP contribution in [0.3, 0.4) is 0 Å². The molecule has 0 bridgehead atoms. The Morgan fingerprint density at radius 3 is 2.64 bits per heavy atom. The summed E-state index contributed by atoms with van der Waals surface area (Å²) in [6.45, 7) is 0.376. The molecule has 142 valence electrons. The lowest BCUT2D eigenvalue weighted by Crippen LogP contribution is -2.59. The van der Waals surface area contributed by atoms with Crippen molar-refractivity contribution in [3.8, 4) is 0 Å². The molecule has 0 spiro atoms. The van der Waals surface area contributed by atoms with Crippen LogP contribution in [-0.2, 0) is 16.1 Å². The van der Waals surface area contributed by atoms with Crippen molar-refractivity contribution in [1.29, 1.82) is 0 Å². The van der Waals surface area contributed by atoms with Crippen LogP contribution < -0.4 is 15.8 Å². The van der Waals surface area contributed by atoms with Gasteiger partial charge in [-0.3, -0.25) is 24.8 Å². The fraction of sp³-hybridized carbons (Fsp3) is 0.238. The second-order valence-electron chi connectivity index (χ2n) is 6.89. The number of hydrazine groups is 1. The summed E-state index contributed by atoms with van der Waals surface area (Å²) in [5.41, 5.74) is 4.51. The van der Waals surface area contributed by atoms with Gasteiger partial charge in [0.25, 0.3) is 5.91 Å². The summed E-state index contributed by atoms with van der Waals surface area (Å²) >= 11 is 0. The fourth-order valence-corrected chi connectivity index (χ4v) is 3.55. The number of carbonyl (C=O) groups is 3. The van der Waals surface area contributed by atoms with Crippen LogP contribution in [0, 0.1) is 11.8 Å². The zero-order chi connectivity index (χ0) is 19.5. The van der Waals surface area contributed by atoms with E-state index in [9.17, 15) is 14.4 Å². The van der Waals surface area contributed by atoms with E-state index in [2.05, 4.69) is 15.7 Å². The summed E-state index contributed by atoms with van der Waals surface area (Å²) < 4.78 is 0. The van der Waals surface area contributed by atoms with Gasteiger partial charge in [0, 0.05) is 24.5 Å². The van der Waals surface area contributed by atoms with Crippen LogP contribution in [0.4, 0.5) is 5.69 Å². The highest BCUT2D eigenvalue weighted by molar-refractivity contribution is 6.05. The van der Waals surface area contributed by atoms with Gasteiger partial charge < -0.3 is 5.32 Å². The summed E-state index contributed by atoms with van der Waals surface area (Å²) in [6.07, 6.45) is 8.35. The largest absolute Gasteiger partial charge is 0.348 e. The van der Waals surface area contributed by atoms with Crippen molar-refractivity contribution in [2.24, 2.45) is 11.8 Å². The van der Waals surface area contributed by atoms with E-state index in [4.69, 9.17) is 0 Å². The molecule has 4 rings (SSSR count). The number of benzene rings is 1. The summed E-state index contributed by atoms with van der Waals surface area (Å²) in [4.78, 5) is 41.7. The number of fused-ring (bicyclic) bond motifs is 1. The molecule has 28 heavy (non-hydrogen) atoms. The zero-order valence-electron chi connectivity index (χ0n) is 15.2. The highest BCUT2D eigenvalue weighted by Gasteiger charge is 2.42. The number of carbonyl (C=O) groups excluding carboxylic acids is 3. The van der Waals surface area contributed by atoms with Crippen molar-refractivity contribution in [2.75, 3.05) is 5.01 Å². The smallest absolute Gasteiger partial charge is 0.251 e. The predicted molar refractivity (Wildman–Crippen MR) is 103 cm³/mol. The SMILES string of the molecule is O=C(NCc1ccncc1)c1cccc(N2NC(=O)[C@@H]3CC=CC[C@@H]3C2=O)c1. The Hall–Kier alpha value is -3.48. The molecule has 1 aromatic carbocycles. The first-order valence-corrected chi connectivity index (χ1v) is 9.20. The van der Waals surface area contributed by atoms with E-state index in [0.29, 0.717) is 30.6 Å². The number of amides is 3. The quantitative estimate of drug-likeness (QED) is 0.798. The molecule has 3 amide bonds. The van der Waals surface area contributed by atoms with Gasteiger partial charge in [0.2, 0.25) is 11.8 Å². The lowest BCUT2D eigenvalue weighted by atomic mass is 9.80. The van der Waals surface area contributed by atoms with E-state index in [1.807, 2.05) is 24.3 Å². The van der Waals surface area contributed by atoms with Gasteiger partial charge in [-0.05, 0) is 48.7 Å². The molecular weight excluding hydrogens is 356 g/mol. The van der Waals surface area contributed by atoms with Gasteiger partial charge in [-0.25, -0.2) is 5.01 Å². The third-order valence-electron chi connectivity index (χ3n) is 5.10. The van der Waals surface area contributed by atoms with E-state index < -0.39 is 0 Å². The second kappa shape index (κ2) is 7.64. The summed E-state index contributed by atoms with van der Waals surface area (Å²) in [5, 5.41) is 4.11. The molecule has 2 N–H and O–H groups in total. The number of hydrogen-bond acceptors (Lipinski definition) is 4. The van der Waals surface area contributed by atoms with Crippen molar-refractivity contribution in [3.63, 3.8) is 0 Å². The first kappa shape index (κ1) is 17.9. The van der Waals surface area contributed by atoms with Gasteiger partial charge >= 0.3 is 0 Å². The second-order valence-corrected chi connectivity index (χ2v) is 6.89. The lowest BCUT2D eigenvalue weighted by molar-refractivity contribution is -0.139. The Labute approximate surface area is 162 Å². The molecule has 0 saturated carbocycles. The Kier molecular flexibility index (Phi) is 4.89. The number of anilines is 1. The van der Waals surface area contributed by atoms with Gasteiger partial charge in [-0.1, -0.05) is 18.2 Å². The standard InChI is InChI=1S/C21H20N4O3/c26-19(23-13-14-8-10-22-11-9-14)15-4-3-5-16(12-15)25-21(28)18-7-2-1-6-17(18)20(27)24-25/h1-5,8-12,17-18H,6-7,13H2,(H,23,26)(H,24,27)/t17-,18+/m1/s1. The average molecular weight is 376 g/mol. The number of nitrogens with one attached hydrogen (secondary N) is 2. The number of rotatable bonds is 4. The van der Waals surface area contributed by atoms with Gasteiger partial charge in [-0.15, -0.1) is 0 Å². The summed E-state index contributed by atoms with van der Waals surface area (Å²) in [5.74, 6) is -1.25. The fourth-order valence-electron chi connectivity index (χ4n) is 3.55. The highest BCUT2D eigenvalue weighted by Crippen LogP contribution is 2.32. The number of nitrogens with zero attached hydrogens (tertiary/aromatic N) is 2. The number of pyridine rings is 1. The zero-order valence-corrected chi connectivity index (χ0v) is 15.2. The summed E-state index contributed by atoms with van der Waals surface area (Å²) in [7, 11) is 0. The van der Waals surface area contributed by atoms with Gasteiger partial charge in [-0.2, -0.15) is 0 Å². The monoisotopic (exact) mass is 376 g/mol. The van der Waals surface area contributed by atoms with Crippen molar-refractivity contribution in [3.05, 3.63) is 72.1 Å². The van der Waals surface area contributed by atoms with Crippen LogP contribution in [0.15, 0.2) is 60.9 Å². The minimum absolute atomic E-state index is 0.150. The number of aromatic nitrogens is 1. The maximum atomic E-state index is 12.9. The number of hydrogen-bond donors (Lipinski definition) is 2. The van der Waals surface area contributed by atoms with Crippen LogP contribution in [0.1, 0.15) is 28.8 Å². The minimum atomic E-state index is -0.358. The molecular formula is C21H20N4O3. The molecule has 1 fully saturated rings. The van der Waals surface area contributed by atoms with Crippen molar-refractivity contribution >= 4 is 23.4 Å². The topological polar surface area (TPSA) is 91.4 Å². The van der Waals surface area contributed by atoms with Crippen LogP contribution >= 0.6 is 0 Å². The van der Waals surface area contributed by atoms with E-state index in [1.54, 1.807) is 36.7 Å². The molecule has 1 saturated heterocycles. The molecule has 2 heterocycles. The van der Waals surface area contributed by atoms with Crippen molar-refractivity contribution in [1.82, 2.24) is 15.7 Å². The molecule has 7 nitrogen and oxygen atoms in total. The van der Waals surface area contributed by atoms with Crippen molar-refractivity contribution in [2.45, 2.75) is 19.4 Å². The Balaban J connectivity index is 1.50. The van der Waals surface area contributed by atoms with E-state index in [0.717, 1.165) is 5.56 Å². The molecule has 1 aromatic heterocycles. The first-order chi connectivity index (χ1) is 13.6. The van der Waals surface area contributed by atoms with Gasteiger partial charge in [0.05, 0.1) is 17.5 Å². The molecule has 0 unspecified atom stereocenters. The van der Waals surface area contributed by atoms with Crippen LogP contribution in [0.2, 0.25) is 0 Å². The van der Waals surface area contributed by atoms with Gasteiger partial charge in [0.15, 0.2) is 0 Å². The first-order valence-electron chi connectivity index (χ1n) is 9.20. The Morgan fingerprint density at radius 2 is 1.86 bits per heavy atom. The maximum absolute atomic E-state index is 12.9. The van der Waals surface area contributed by atoms with E-state index in [1.165, 1.54) is 5.01 Å².